The second-order valence-electron chi connectivity index (χ2n) is 5.27. The lowest BCUT2D eigenvalue weighted by Crippen LogP contribution is -2.00. The van der Waals surface area contributed by atoms with Gasteiger partial charge in [-0.25, -0.2) is 4.57 Å². The largest absolute Gasteiger partial charge is 0.469 e. The third-order valence-corrected chi connectivity index (χ3v) is 5.93. The second-order valence-corrected chi connectivity index (χ2v) is 9.49. The molecule has 2 aromatic carbocycles. The molecule has 25 heavy (non-hydrogen) atoms. The van der Waals surface area contributed by atoms with E-state index in [1.807, 2.05) is 12.1 Å². The highest BCUT2D eigenvalue weighted by molar-refractivity contribution is 9.10. The molecule has 1 radical (unpaired) electrons. The molecule has 0 amide bonds. The van der Waals surface area contributed by atoms with Crippen molar-refractivity contribution in [3.05, 3.63) is 51.9 Å². The predicted molar refractivity (Wildman–Crippen MR) is 110 cm³/mol. The van der Waals surface area contributed by atoms with Crippen LogP contribution in [0.2, 0.25) is 0 Å². The van der Waals surface area contributed by atoms with Crippen LogP contribution in [0.15, 0.2) is 45.3 Å². The average Bonchev–Trinajstić information content (AvgIpc) is 2.82. The molecule has 0 aliphatic rings. The van der Waals surface area contributed by atoms with Crippen LogP contribution in [-0.2, 0) is 9.09 Å². The van der Waals surface area contributed by atoms with E-state index in [0.717, 1.165) is 30.8 Å². The van der Waals surface area contributed by atoms with Crippen molar-refractivity contribution in [3.63, 3.8) is 0 Å². The van der Waals surface area contributed by atoms with Gasteiger partial charge in [0.2, 0.25) is 0 Å². The van der Waals surface area contributed by atoms with Crippen LogP contribution in [0.1, 0.15) is 0 Å². The molecule has 1 aromatic heterocycles. The highest BCUT2D eigenvalue weighted by atomic mass is 79.9. The molecule has 0 fully saturated rings. The molecule has 3 aromatic rings. The van der Waals surface area contributed by atoms with Crippen molar-refractivity contribution in [3.8, 4) is 0 Å². The van der Waals surface area contributed by atoms with Gasteiger partial charge in [-0.3, -0.25) is 4.52 Å². The van der Waals surface area contributed by atoms with E-state index in [-0.39, 0.29) is 6.61 Å². The number of rotatable bonds is 7. The first kappa shape index (κ1) is 19.4. The summed E-state index contributed by atoms with van der Waals surface area (Å²) in [6.07, 6.45) is 0. The number of hydrogen-bond donors (Lipinski definition) is 2. The molecular formula is C16H15Br2NO4PS. The minimum absolute atomic E-state index is 0.0237. The Morgan fingerprint density at radius 3 is 2.16 bits per heavy atom. The second kappa shape index (κ2) is 8.13. The predicted octanol–water partition coefficient (Wildman–Crippen LogP) is 5.17. The first-order valence-electron chi connectivity index (χ1n) is 7.35. The van der Waals surface area contributed by atoms with Crippen molar-refractivity contribution in [2.75, 3.05) is 18.1 Å². The monoisotopic (exact) mass is 506 g/mol. The Balaban J connectivity index is 1.77. The molecule has 0 aliphatic carbocycles. The molecule has 0 spiro atoms. The fourth-order valence-electron chi connectivity index (χ4n) is 2.62. The number of hydrogen-bond acceptors (Lipinski definition) is 3. The molecular weight excluding hydrogens is 493 g/mol. The van der Waals surface area contributed by atoms with Gasteiger partial charge in [0.05, 0.1) is 13.2 Å². The van der Waals surface area contributed by atoms with Crippen molar-refractivity contribution < 1.29 is 18.9 Å². The zero-order valence-electron chi connectivity index (χ0n) is 12.9. The van der Waals surface area contributed by atoms with Crippen LogP contribution in [0.4, 0.5) is 0 Å². The lowest BCUT2D eigenvalue weighted by atomic mass is 10.2. The third-order valence-electron chi connectivity index (χ3n) is 3.59. The van der Waals surface area contributed by atoms with Gasteiger partial charge in [-0.1, -0.05) is 31.9 Å². The Bertz CT molecular complexity index is 897. The summed E-state index contributed by atoms with van der Waals surface area (Å²) in [5.74, 6) is 1.21. The summed E-state index contributed by atoms with van der Waals surface area (Å²) < 4.78 is 19.3. The van der Waals surface area contributed by atoms with Crippen molar-refractivity contribution in [1.82, 2.24) is 4.57 Å². The van der Waals surface area contributed by atoms with E-state index in [4.69, 9.17) is 9.79 Å². The van der Waals surface area contributed by atoms with Gasteiger partial charge in [-0.2, -0.15) is 11.8 Å². The van der Waals surface area contributed by atoms with Gasteiger partial charge in [0.15, 0.2) is 0 Å². The molecule has 133 valence electrons. The molecule has 0 bridgehead atoms. The highest BCUT2D eigenvalue weighted by Crippen LogP contribution is 2.36. The van der Waals surface area contributed by atoms with Gasteiger partial charge in [-0.05, 0) is 36.4 Å². The van der Waals surface area contributed by atoms with Crippen LogP contribution in [0.3, 0.4) is 0 Å². The quantitative estimate of drug-likeness (QED) is 0.341. The lowest BCUT2D eigenvalue weighted by Gasteiger charge is -2.08. The Morgan fingerprint density at radius 1 is 1.08 bits per heavy atom. The summed E-state index contributed by atoms with van der Waals surface area (Å²) in [4.78, 5) is 17.3. The fourth-order valence-corrected chi connectivity index (χ4v) is 4.42. The number of benzene rings is 2. The van der Waals surface area contributed by atoms with E-state index in [1.165, 1.54) is 0 Å². The Morgan fingerprint density at radius 2 is 1.64 bits per heavy atom. The molecule has 5 nitrogen and oxygen atoms in total. The smallest absolute Gasteiger partial charge is 0.334 e. The molecule has 0 unspecified atom stereocenters. The highest BCUT2D eigenvalue weighted by Gasteiger charge is 2.13. The van der Waals surface area contributed by atoms with E-state index in [0.29, 0.717) is 11.5 Å². The molecule has 2 N–H and O–H groups in total. The summed E-state index contributed by atoms with van der Waals surface area (Å²) in [5, 5.41) is 2.33. The molecule has 9 heteroatoms. The SMILES string of the molecule is O=P(O)(O)OCCSC[CH]n1c2ccc(Br)cc2c2cc(Br)ccc21. The Kier molecular flexibility index (Phi) is 6.31. The van der Waals surface area contributed by atoms with Crippen molar-refractivity contribution >= 4 is 73.3 Å². The van der Waals surface area contributed by atoms with E-state index in [9.17, 15) is 4.57 Å². The van der Waals surface area contributed by atoms with E-state index < -0.39 is 7.82 Å². The van der Waals surface area contributed by atoms with E-state index in [2.05, 4.69) is 71.8 Å². The normalized spacial score (nSPS) is 12.3. The summed E-state index contributed by atoms with van der Waals surface area (Å²) in [6, 6.07) is 12.4. The molecule has 1 heterocycles. The van der Waals surface area contributed by atoms with Crippen molar-refractivity contribution in [1.29, 1.82) is 0 Å². The number of thioether (sulfide) groups is 1. The molecule has 0 saturated heterocycles. The maximum absolute atomic E-state index is 10.6. The lowest BCUT2D eigenvalue weighted by molar-refractivity contribution is 0.208. The van der Waals surface area contributed by atoms with Crippen LogP contribution in [0.25, 0.3) is 21.8 Å². The standard InChI is InChI=1S/C16H15Br2NO4PS/c17-11-1-3-15-13(9-11)14-10-12(18)2-4-16(14)19(15)5-7-25-8-6-23-24(20,21)22/h1-5,9-10H,6-8H2,(H2,20,21,22). The van der Waals surface area contributed by atoms with Gasteiger partial charge in [0, 0.05) is 42.3 Å². The number of nitrogens with zero attached hydrogens (tertiary/aromatic N) is 1. The Hall–Kier alpha value is -0.340. The summed E-state index contributed by atoms with van der Waals surface area (Å²) in [5.41, 5.74) is 2.23. The summed E-state index contributed by atoms with van der Waals surface area (Å²) in [7, 11) is -4.37. The Labute approximate surface area is 166 Å². The minimum Gasteiger partial charge on any atom is -0.334 e. The number of halogens is 2. The molecule has 0 saturated carbocycles. The topological polar surface area (TPSA) is 71.7 Å². The van der Waals surface area contributed by atoms with Crippen molar-refractivity contribution in [2.24, 2.45) is 0 Å². The zero-order valence-corrected chi connectivity index (χ0v) is 17.8. The van der Waals surface area contributed by atoms with Crippen molar-refractivity contribution in [2.45, 2.75) is 0 Å². The number of fused-ring (bicyclic) bond motifs is 3. The van der Waals surface area contributed by atoms with Gasteiger partial charge in [0.1, 0.15) is 0 Å². The van der Waals surface area contributed by atoms with Gasteiger partial charge < -0.3 is 14.4 Å². The van der Waals surface area contributed by atoms with Gasteiger partial charge in [-0.15, -0.1) is 0 Å². The van der Waals surface area contributed by atoms with Crippen LogP contribution in [-0.4, -0.2) is 32.5 Å². The average molecular weight is 508 g/mol. The van der Waals surface area contributed by atoms with Gasteiger partial charge >= 0.3 is 7.82 Å². The summed E-state index contributed by atoms with van der Waals surface area (Å²) >= 11 is 8.61. The van der Waals surface area contributed by atoms with E-state index in [1.54, 1.807) is 11.8 Å². The molecule has 0 aliphatic heterocycles. The maximum atomic E-state index is 10.6. The third kappa shape index (κ3) is 4.89. The van der Waals surface area contributed by atoms with Crippen LogP contribution >= 0.6 is 51.4 Å². The van der Waals surface area contributed by atoms with Crippen LogP contribution in [0, 0.1) is 6.54 Å². The molecule has 0 atom stereocenters. The van der Waals surface area contributed by atoms with Crippen LogP contribution in [0.5, 0.6) is 0 Å². The molecule has 3 rings (SSSR count). The first-order chi connectivity index (χ1) is 11.8. The number of phosphoric acid groups is 1. The van der Waals surface area contributed by atoms with Crippen LogP contribution < -0.4 is 0 Å². The maximum Gasteiger partial charge on any atom is 0.469 e. The number of aromatic nitrogens is 1. The van der Waals surface area contributed by atoms with E-state index >= 15 is 0 Å². The minimum atomic E-state index is -4.37. The fraction of sp³-hybridized carbons (Fsp3) is 0.188. The first-order valence-corrected chi connectivity index (χ1v) is 11.6. The summed E-state index contributed by atoms with van der Waals surface area (Å²) in [6.45, 7) is 2.10. The number of phosphoric ester groups is 1. The zero-order chi connectivity index (χ0) is 18.0. The van der Waals surface area contributed by atoms with Gasteiger partial charge in [0.25, 0.3) is 0 Å².